The first-order valence-electron chi connectivity index (χ1n) is 23.1. The molecule has 4 unspecified atom stereocenters. The summed E-state index contributed by atoms with van der Waals surface area (Å²) >= 11 is 0. The van der Waals surface area contributed by atoms with Gasteiger partial charge in [-0.2, -0.15) is 0 Å². The molecule has 0 amide bonds. The van der Waals surface area contributed by atoms with E-state index in [1.54, 1.807) is 0 Å². The molecule has 6 aromatic carbocycles. The van der Waals surface area contributed by atoms with Crippen LogP contribution in [0.4, 0.5) is 0 Å². The fourth-order valence-electron chi connectivity index (χ4n) is 10.8. The molecule has 10 rings (SSSR count). The average Bonchev–Trinajstić information content (AvgIpc) is 4.07. The molecule has 0 bridgehead atoms. The van der Waals surface area contributed by atoms with Crippen molar-refractivity contribution in [2.75, 3.05) is 0 Å². The lowest BCUT2D eigenvalue weighted by Crippen LogP contribution is -2.25. The minimum absolute atomic E-state index is 0.0787. The van der Waals surface area contributed by atoms with Crippen LogP contribution in [0.3, 0.4) is 0 Å². The Morgan fingerprint density at radius 2 is 1.02 bits per heavy atom. The Balaban J connectivity index is 1.15. The summed E-state index contributed by atoms with van der Waals surface area (Å²) in [7, 11) is 0. The van der Waals surface area contributed by atoms with E-state index in [9.17, 15) is 4.79 Å². The maximum absolute atomic E-state index is 14.5. The van der Waals surface area contributed by atoms with Gasteiger partial charge in [0.2, 0.25) is 0 Å². The fraction of sp³-hybridized carbons (Fsp3) is 0.281. The number of esters is 1. The highest BCUT2D eigenvalue weighted by atomic mass is 16.6. The smallest absolute Gasteiger partial charge is 0.311 e. The minimum Gasteiger partial charge on any atom is -0.441 e. The Morgan fingerprint density at radius 1 is 0.565 bits per heavy atom. The molecule has 1 aliphatic rings. The van der Waals surface area contributed by atoms with E-state index in [1.807, 2.05) is 12.2 Å². The normalized spacial score (nSPS) is 17.2. The lowest BCUT2D eigenvalue weighted by Gasteiger charge is -2.25. The maximum atomic E-state index is 14.5. The Labute approximate surface area is 364 Å². The van der Waals surface area contributed by atoms with Crippen LogP contribution >= 0.6 is 0 Å². The van der Waals surface area contributed by atoms with Crippen LogP contribution in [-0.2, 0) is 9.53 Å². The lowest BCUT2D eigenvalue weighted by atomic mass is 9.96. The summed E-state index contributed by atoms with van der Waals surface area (Å²) in [5.41, 5.74) is 9.04. The van der Waals surface area contributed by atoms with E-state index in [-0.39, 0.29) is 23.7 Å². The monoisotopic (exact) mass is 815 g/mol. The first kappa shape index (κ1) is 39.8. The largest absolute Gasteiger partial charge is 0.441 e. The van der Waals surface area contributed by atoms with Gasteiger partial charge in [0.25, 0.3) is 0 Å². The van der Waals surface area contributed by atoms with Crippen molar-refractivity contribution in [2.24, 2.45) is 17.8 Å². The van der Waals surface area contributed by atoms with Gasteiger partial charge < -0.3 is 18.4 Å². The second kappa shape index (κ2) is 17.2. The summed E-state index contributed by atoms with van der Waals surface area (Å²) in [6.45, 7) is 10.5. The zero-order valence-corrected chi connectivity index (χ0v) is 36.0. The third-order valence-corrected chi connectivity index (χ3v) is 13.9. The Bertz CT molecular complexity index is 2830. The number of benzene rings is 6. The summed E-state index contributed by atoms with van der Waals surface area (Å²) in [6.07, 6.45) is 15.6. The molecule has 1 aliphatic carbocycles. The molecule has 9 aromatic rings. The van der Waals surface area contributed by atoms with Gasteiger partial charge >= 0.3 is 5.97 Å². The second-order valence-electron chi connectivity index (χ2n) is 17.6. The minimum atomic E-state index is -0.464. The highest BCUT2D eigenvalue weighted by Gasteiger charge is 2.38. The molecule has 62 heavy (non-hydrogen) atoms. The molecule has 5 nitrogen and oxygen atoms in total. The van der Waals surface area contributed by atoms with Gasteiger partial charge in [-0.3, -0.25) is 4.79 Å². The van der Waals surface area contributed by atoms with Crippen molar-refractivity contribution in [3.8, 4) is 11.4 Å². The van der Waals surface area contributed by atoms with Crippen LogP contribution in [0.25, 0.3) is 76.8 Å². The number of unbranched alkanes of at least 4 members (excludes halogenated alkanes) is 7. The third-order valence-electron chi connectivity index (χ3n) is 13.9. The average molecular weight is 816 g/mol. The number of carbonyl (C=O) groups is 1. The molecule has 4 atom stereocenters. The summed E-state index contributed by atoms with van der Waals surface area (Å²) in [5, 5.41) is 7.21. The molecule has 0 N–H and O–H groups in total. The molecule has 312 valence electrons. The van der Waals surface area contributed by atoms with Gasteiger partial charge in [-0.1, -0.05) is 137 Å². The van der Waals surface area contributed by atoms with Crippen LogP contribution in [-0.4, -0.2) is 19.7 Å². The summed E-state index contributed by atoms with van der Waals surface area (Å²) in [6, 6.07) is 48.5. The van der Waals surface area contributed by atoms with Crippen molar-refractivity contribution < 1.29 is 9.53 Å². The molecule has 0 spiro atoms. The van der Waals surface area contributed by atoms with Gasteiger partial charge in [0.05, 0.1) is 39.0 Å². The molecule has 3 heterocycles. The summed E-state index contributed by atoms with van der Waals surface area (Å²) in [4.78, 5) is 14.5. The predicted molar refractivity (Wildman–Crippen MR) is 261 cm³/mol. The van der Waals surface area contributed by atoms with Crippen LogP contribution in [0.15, 0.2) is 159 Å². The molecular formula is C57H57N3O2. The molecule has 1 fully saturated rings. The molecule has 0 aliphatic heterocycles. The standard InChI is InChI=1S/C57H57N3O2/c1-4-7-8-9-10-11-12-13-30-56(62-57(61)47-36-39(5-2)35-40(47)6-3)60-54-33-31-41(58-50-26-18-14-22-43(50)44-23-15-19-27-51(44)58)37-48(54)49-38-42(32-34-55(49)60)59-52-28-20-16-24-45(52)46-25-17-21-29-53(46)59/h5-6,14-29,31-34,37-40,47,56H,2-4,7-13,30,35-36H2,1H3. The highest BCUT2D eigenvalue weighted by molar-refractivity contribution is 6.13. The van der Waals surface area contributed by atoms with Gasteiger partial charge in [0, 0.05) is 50.1 Å². The fourth-order valence-corrected chi connectivity index (χ4v) is 10.8. The Hall–Kier alpha value is -6.33. The number of nitrogens with zero attached hydrogens (tertiary/aromatic N) is 3. The van der Waals surface area contributed by atoms with E-state index >= 15 is 0 Å². The van der Waals surface area contributed by atoms with Crippen LogP contribution in [0.5, 0.6) is 0 Å². The first-order valence-corrected chi connectivity index (χ1v) is 23.1. The Morgan fingerprint density at radius 3 is 1.47 bits per heavy atom. The van der Waals surface area contributed by atoms with Crippen LogP contribution < -0.4 is 0 Å². The molecule has 3 aromatic heterocycles. The first-order chi connectivity index (χ1) is 30.6. The van der Waals surface area contributed by atoms with Crippen molar-refractivity contribution in [1.82, 2.24) is 13.7 Å². The number of allylic oxidation sites excluding steroid dienone is 2. The number of rotatable bonds is 16. The zero-order chi connectivity index (χ0) is 42.2. The predicted octanol–water partition coefficient (Wildman–Crippen LogP) is 15.6. The second-order valence-corrected chi connectivity index (χ2v) is 17.6. The number of hydrogen-bond donors (Lipinski definition) is 0. The van der Waals surface area contributed by atoms with E-state index in [0.717, 1.165) is 65.3 Å². The van der Waals surface area contributed by atoms with Gasteiger partial charge in [-0.15, -0.1) is 13.2 Å². The summed E-state index contributed by atoms with van der Waals surface area (Å²) < 4.78 is 14.0. The number of hydrogen-bond acceptors (Lipinski definition) is 2. The molecule has 0 saturated heterocycles. The number of aromatic nitrogens is 3. The van der Waals surface area contributed by atoms with Gasteiger partial charge in [0.15, 0.2) is 6.23 Å². The van der Waals surface area contributed by atoms with E-state index in [4.69, 9.17) is 4.74 Å². The van der Waals surface area contributed by atoms with Crippen LogP contribution in [0, 0.1) is 17.8 Å². The maximum Gasteiger partial charge on any atom is 0.311 e. The molecule has 5 heteroatoms. The van der Waals surface area contributed by atoms with E-state index < -0.39 is 6.23 Å². The van der Waals surface area contributed by atoms with Crippen molar-refractivity contribution in [2.45, 2.75) is 83.8 Å². The van der Waals surface area contributed by atoms with E-state index in [1.165, 1.54) is 82.1 Å². The van der Waals surface area contributed by atoms with Crippen LogP contribution in [0.1, 0.15) is 83.8 Å². The number of para-hydroxylation sites is 4. The van der Waals surface area contributed by atoms with Crippen molar-refractivity contribution >= 4 is 71.4 Å². The number of carbonyl (C=O) groups excluding carboxylic acids is 1. The van der Waals surface area contributed by atoms with Crippen molar-refractivity contribution in [1.29, 1.82) is 0 Å². The number of ether oxygens (including phenoxy) is 1. The molecule has 0 radical (unpaired) electrons. The topological polar surface area (TPSA) is 41.1 Å². The number of fused-ring (bicyclic) bond motifs is 9. The quantitative estimate of drug-likeness (QED) is 0.0554. The molecule has 1 saturated carbocycles. The van der Waals surface area contributed by atoms with Gasteiger partial charge in [0.1, 0.15) is 0 Å². The van der Waals surface area contributed by atoms with Crippen LogP contribution in [0.2, 0.25) is 0 Å². The molecular weight excluding hydrogens is 759 g/mol. The third kappa shape index (κ3) is 7.02. The van der Waals surface area contributed by atoms with Gasteiger partial charge in [-0.05, 0) is 91.8 Å². The Kier molecular flexibility index (Phi) is 11.0. The highest BCUT2D eigenvalue weighted by Crippen LogP contribution is 2.43. The van der Waals surface area contributed by atoms with E-state index in [0.29, 0.717) is 0 Å². The van der Waals surface area contributed by atoms with E-state index in [2.05, 4.69) is 167 Å². The van der Waals surface area contributed by atoms with Gasteiger partial charge in [-0.25, -0.2) is 0 Å². The SMILES string of the molecule is C=CC1CC(C=C)C(C(=O)OC(CCCCCCCCCC)n2c3ccc(-n4c5ccccc5c5ccccc54)cc3c3cc(-n4c5ccccc5c5ccccc54)ccc32)C1. The summed E-state index contributed by atoms with van der Waals surface area (Å²) in [5.74, 6) is 0.0135. The van der Waals surface area contributed by atoms with Crippen molar-refractivity contribution in [3.63, 3.8) is 0 Å². The lowest BCUT2D eigenvalue weighted by molar-refractivity contribution is -0.159. The van der Waals surface area contributed by atoms with Crippen molar-refractivity contribution in [3.05, 3.63) is 159 Å². The zero-order valence-electron chi connectivity index (χ0n) is 36.0.